The van der Waals surface area contributed by atoms with Gasteiger partial charge in [0.1, 0.15) is 13.1 Å². The zero-order valence-corrected chi connectivity index (χ0v) is 29.0. The summed E-state index contributed by atoms with van der Waals surface area (Å²) in [4.78, 5) is 88.2. The fourth-order valence-electron chi connectivity index (χ4n) is 7.32. The van der Waals surface area contributed by atoms with Crippen LogP contribution in [-0.2, 0) is 38.7 Å². The van der Waals surface area contributed by atoms with Gasteiger partial charge in [-0.1, -0.05) is 6.92 Å². The Labute approximate surface area is 303 Å². The molecule has 2 fully saturated rings. The van der Waals surface area contributed by atoms with E-state index in [1.54, 1.807) is 24.8 Å². The molecule has 16 nitrogen and oxygen atoms in total. The first-order chi connectivity index (χ1) is 25.5. The summed E-state index contributed by atoms with van der Waals surface area (Å²) < 4.78 is 2.07. The molecule has 0 aliphatic carbocycles. The van der Waals surface area contributed by atoms with Crippen LogP contribution in [-0.4, -0.2) is 78.7 Å². The predicted octanol–water partition coefficient (Wildman–Crippen LogP) is 2.15. The number of carboxylic acids is 2. The summed E-state index contributed by atoms with van der Waals surface area (Å²) in [5, 5.41) is 24.4. The van der Waals surface area contributed by atoms with Gasteiger partial charge in [0.05, 0.1) is 47.0 Å². The molecule has 53 heavy (non-hydrogen) atoms. The first-order valence-electron chi connectivity index (χ1n) is 17.3. The van der Waals surface area contributed by atoms with Gasteiger partial charge in [0.15, 0.2) is 0 Å². The van der Waals surface area contributed by atoms with E-state index in [-0.39, 0.29) is 23.8 Å². The highest BCUT2D eigenvalue weighted by atomic mass is 16.4. The second-order valence-electron chi connectivity index (χ2n) is 13.4. The van der Waals surface area contributed by atoms with Crippen LogP contribution >= 0.6 is 0 Å². The molecule has 2 saturated heterocycles. The van der Waals surface area contributed by atoms with E-state index in [2.05, 4.69) is 30.4 Å². The molecule has 0 radical (unpaired) electrons. The van der Waals surface area contributed by atoms with Crippen LogP contribution in [0.5, 0.6) is 0 Å². The monoisotopic (exact) mass is 724 g/mol. The maximum atomic E-state index is 14.1. The van der Waals surface area contributed by atoms with Crippen LogP contribution in [0.2, 0.25) is 0 Å². The van der Waals surface area contributed by atoms with E-state index in [9.17, 15) is 39.0 Å². The Balaban J connectivity index is 1.29. The lowest BCUT2D eigenvalue weighted by molar-refractivity contribution is -0.138. The van der Waals surface area contributed by atoms with Crippen molar-refractivity contribution in [3.63, 3.8) is 0 Å². The molecule has 16 heteroatoms. The smallest absolute Gasteiger partial charge is 0.323 e. The molecule has 2 unspecified atom stereocenters. The van der Waals surface area contributed by atoms with Gasteiger partial charge in [0.25, 0.3) is 11.1 Å². The van der Waals surface area contributed by atoms with Gasteiger partial charge in [-0.15, -0.1) is 0 Å². The summed E-state index contributed by atoms with van der Waals surface area (Å²) in [5.41, 5.74) is 1.93. The Hall–Kier alpha value is -6.32. The summed E-state index contributed by atoms with van der Waals surface area (Å²) in [6, 6.07) is 11.3. The molecular formula is C37H40N8O8. The van der Waals surface area contributed by atoms with Crippen LogP contribution in [0.25, 0.3) is 0 Å². The van der Waals surface area contributed by atoms with Crippen molar-refractivity contribution in [2.45, 2.75) is 45.3 Å². The van der Waals surface area contributed by atoms with Gasteiger partial charge in [0.2, 0.25) is 11.8 Å². The Kier molecular flexibility index (Phi) is 11.0. The van der Waals surface area contributed by atoms with Crippen molar-refractivity contribution in [3.8, 4) is 0 Å². The van der Waals surface area contributed by atoms with E-state index in [0.717, 1.165) is 20.5 Å². The number of nitrogens with one attached hydrogen (secondary N) is 2. The molecule has 0 spiro atoms. The predicted molar refractivity (Wildman–Crippen MR) is 195 cm³/mol. The molecule has 4 N–H and O–H groups in total. The molecule has 0 aromatic carbocycles. The highest BCUT2D eigenvalue weighted by Gasteiger charge is 2.44. The van der Waals surface area contributed by atoms with Crippen molar-refractivity contribution in [3.05, 3.63) is 106 Å². The molecule has 2 aliphatic heterocycles. The summed E-state index contributed by atoms with van der Waals surface area (Å²) >= 11 is 0. The Morgan fingerprint density at radius 2 is 1.42 bits per heavy atom. The second kappa shape index (κ2) is 15.9. The van der Waals surface area contributed by atoms with Crippen LogP contribution in [0.3, 0.4) is 0 Å². The number of nitrogens with zero attached hydrogens (tertiary/aromatic N) is 6. The standard InChI is InChI=1S/C37H40N8O8/c1-2-23-13-33(47)44(22-35(50)51)20-30(23)41-37(53)25-11-24(16-42(17-25)28-5-3-9-38-14-28)31-12-26(18-45(31)29-6-4-10-39-15-29)36(52)40-27-7-8-32(46)43(19-27)21-34(48)49/h3-10,13-15,19-20,24-26,31H,2,11-12,16-18,21-22H2,1H3,(H,40,52)(H,41,53)(H,48,49)(H,50,51)/t24?,25-,26+,31?/m0/s1. The minimum absolute atomic E-state index is 0.123. The van der Waals surface area contributed by atoms with Crippen molar-refractivity contribution in [2.24, 2.45) is 17.8 Å². The quantitative estimate of drug-likeness (QED) is 0.166. The van der Waals surface area contributed by atoms with Crippen molar-refractivity contribution < 1.29 is 29.4 Å². The fraction of sp³-hybridized carbons (Fsp3) is 0.351. The zero-order valence-electron chi connectivity index (χ0n) is 29.0. The SMILES string of the molecule is CCc1cc(=O)n(CC(=O)O)cc1NC(=O)[C@H]1CC(C2C[C@@H](C(=O)Nc3ccc(=O)n(CC(=O)O)c3)CN2c2cccnc2)CN(c2cccnc2)C1. The highest BCUT2D eigenvalue weighted by molar-refractivity contribution is 5.94. The van der Waals surface area contributed by atoms with Gasteiger partial charge >= 0.3 is 11.9 Å². The van der Waals surface area contributed by atoms with E-state index in [1.807, 2.05) is 31.2 Å². The van der Waals surface area contributed by atoms with Crippen LogP contribution in [0.4, 0.5) is 22.7 Å². The molecule has 6 heterocycles. The number of aliphatic carboxylic acids is 2. The van der Waals surface area contributed by atoms with Crippen LogP contribution < -0.4 is 31.6 Å². The van der Waals surface area contributed by atoms with Crippen LogP contribution in [0.1, 0.15) is 25.3 Å². The minimum atomic E-state index is -1.19. The first-order valence-corrected chi connectivity index (χ1v) is 17.3. The molecule has 4 aromatic heterocycles. The summed E-state index contributed by atoms with van der Waals surface area (Å²) in [7, 11) is 0. The van der Waals surface area contributed by atoms with Crippen molar-refractivity contribution in [1.29, 1.82) is 0 Å². The van der Waals surface area contributed by atoms with E-state index >= 15 is 0 Å². The number of aromatic nitrogens is 4. The number of carbonyl (C=O) groups excluding carboxylic acids is 2. The van der Waals surface area contributed by atoms with Gasteiger partial charge in [0, 0.05) is 62.6 Å². The number of hydrogen-bond donors (Lipinski definition) is 4. The number of piperidine rings is 1. The van der Waals surface area contributed by atoms with Gasteiger partial charge in [-0.3, -0.25) is 38.7 Å². The van der Waals surface area contributed by atoms with Crippen LogP contribution in [0.15, 0.2) is 89.2 Å². The third-order valence-corrected chi connectivity index (χ3v) is 9.81. The van der Waals surface area contributed by atoms with Gasteiger partial charge < -0.3 is 39.8 Å². The molecule has 0 bridgehead atoms. The molecular weight excluding hydrogens is 684 g/mol. The molecule has 0 saturated carbocycles. The van der Waals surface area contributed by atoms with Gasteiger partial charge in [-0.05, 0) is 61.1 Å². The number of hydrogen-bond acceptors (Lipinski definition) is 10. The number of amides is 2. The van der Waals surface area contributed by atoms with E-state index in [0.29, 0.717) is 55.8 Å². The Morgan fingerprint density at radius 3 is 2.06 bits per heavy atom. The van der Waals surface area contributed by atoms with Gasteiger partial charge in [-0.25, -0.2) is 0 Å². The maximum absolute atomic E-state index is 14.1. The average molecular weight is 725 g/mol. The fourth-order valence-corrected chi connectivity index (χ4v) is 7.32. The molecule has 6 rings (SSSR count). The minimum Gasteiger partial charge on any atom is -0.480 e. The number of aryl methyl sites for hydroxylation is 1. The summed E-state index contributed by atoms with van der Waals surface area (Å²) in [5.74, 6) is -4.09. The normalized spacial score (nSPS) is 19.8. The summed E-state index contributed by atoms with van der Waals surface area (Å²) in [6.07, 6.45) is 10.9. The number of carboxylic acid groups (broad SMARTS) is 2. The average Bonchev–Trinajstić information content (AvgIpc) is 3.60. The first kappa shape index (κ1) is 36.5. The Morgan fingerprint density at radius 1 is 0.774 bits per heavy atom. The zero-order chi connectivity index (χ0) is 37.6. The van der Waals surface area contributed by atoms with Crippen molar-refractivity contribution >= 4 is 46.5 Å². The Bertz CT molecular complexity index is 2110. The van der Waals surface area contributed by atoms with E-state index < -0.39 is 48.0 Å². The third kappa shape index (κ3) is 8.60. The van der Waals surface area contributed by atoms with E-state index in [1.165, 1.54) is 30.6 Å². The molecule has 2 amide bonds. The van der Waals surface area contributed by atoms with E-state index in [4.69, 9.17) is 0 Å². The molecule has 4 aromatic rings. The number of pyridine rings is 4. The lowest BCUT2D eigenvalue weighted by Crippen LogP contribution is -2.50. The largest absolute Gasteiger partial charge is 0.480 e. The topological polar surface area (TPSA) is 209 Å². The lowest BCUT2D eigenvalue weighted by Gasteiger charge is -2.43. The third-order valence-electron chi connectivity index (χ3n) is 9.81. The number of rotatable bonds is 12. The second-order valence-corrected chi connectivity index (χ2v) is 13.4. The molecule has 276 valence electrons. The molecule has 2 aliphatic rings. The molecule has 4 atom stereocenters. The maximum Gasteiger partial charge on any atom is 0.323 e. The number of anilines is 4. The van der Waals surface area contributed by atoms with Crippen molar-refractivity contribution in [1.82, 2.24) is 19.1 Å². The summed E-state index contributed by atoms with van der Waals surface area (Å²) in [6.45, 7) is 2.05. The van der Waals surface area contributed by atoms with Crippen molar-refractivity contribution in [2.75, 3.05) is 40.1 Å². The number of carbonyl (C=O) groups is 4. The van der Waals surface area contributed by atoms with Gasteiger partial charge in [-0.2, -0.15) is 0 Å². The van der Waals surface area contributed by atoms with Crippen LogP contribution in [0, 0.1) is 17.8 Å². The lowest BCUT2D eigenvalue weighted by atomic mass is 9.81. The highest BCUT2D eigenvalue weighted by Crippen LogP contribution is 2.39.